The molecule has 3 rings (SSSR count). The zero-order valence-corrected chi connectivity index (χ0v) is 12.0. The van der Waals surface area contributed by atoms with Crippen LogP contribution in [-0.4, -0.2) is 9.55 Å². The number of hydrogen-bond donors (Lipinski definition) is 1. The molecule has 0 fully saturated rings. The second-order valence-electron chi connectivity index (χ2n) is 4.25. The maximum absolute atomic E-state index is 5.96. The normalized spacial score (nSPS) is 11.0. The first-order chi connectivity index (χ1) is 8.66. The molecule has 2 heterocycles. The second-order valence-corrected chi connectivity index (χ2v) is 5.50. The minimum Gasteiger partial charge on any atom is -0.398 e. The van der Waals surface area contributed by atoms with Gasteiger partial charge in [0.2, 0.25) is 0 Å². The van der Waals surface area contributed by atoms with Gasteiger partial charge in [0, 0.05) is 32.7 Å². The van der Waals surface area contributed by atoms with Crippen molar-refractivity contribution in [3.63, 3.8) is 0 Å². The zero-order valence-electron chi connectivity index (χ0n) is 9.89. The standard InChI is InChI=1S/C14H12IN3/c1-9-8-10(15)2-3-13(9)18-7-5-11-12(16)4-6-17-14(11)18/h2-8H,1H3,(H2,16,17). The first kappa shape index (κ1) is 11.5. The number of pyridine rings is 1. The monoisotopic (exact) mass is 349 g/mol. The topological polar surface area (TPSA) is 43.8 Å². The van der Waals surface area contributed by atoms with Crippen molar-refractivity contribution < 1.29 is 0 Å². The van der Waals surface area contributed by atoms with E-state index < -0.39 is 0 Å². The van der Waals surface area contributed by atoms with E-state index in [0.29, 0.717) is 0 Å². The molecule has 0 spiro atoms. The van der Waals surface area contributed by atoms with Crippen LogP contribution < -0.4 is 5.73 Å². The highest BCUT2D eigenvalue weighted by atomic mass is 127. The van der Waals surface area contributed by atoms with Gasteiger partial charge in [-0.1, -0.05) is 0 Å². The van der Waals surface area contributed by atoms with Crippen molar-refractivity contribution in [2.24, 2.45) is 0 Å². The fraction of sp³-hybridized carbons (Fsp3) is 0.0714. The van der Waals surface area contributed by atoms with Gasteiger partial charge in [0.25, 0.3) is 0 Å². The highest BCUT2D eigenvalue weighted by Gasteiger charge is 2.08. The number of hydrogen-bond acceptors (Lipinski definition) is 2. The third kappa shape index (κ3) is 1.77. The molecule has 0 saturated carbocycles. The van der Waals surface area contributed by atoms with Gasteiger partial charge in [-0.3, -0.25) is 0 Å². The van der Waals surface area contributed by atoms with Crippen molar-refractivity contribution in [1.29, 1.82) is 0 Å². The van der Waals surface area contributed by atoms with Crippen LogP contribution in [0.1, 0.15) is 5.56 Å². The van der Waals surface area contributed by atoms with Gasteiger partial charge >= 0.3 is 0 Å². The summed E-state index contributed by atoms with van der Waals surface area (Å²) in [6.45, 7) is 2.11. The summed E-state index contributed by atoms with van der Waals surface area (Å²) in [7, 11) is 0. The largest absolute Gasteiger partial charge is 0.398 e. The molecule has 0 amide bonds. The van der Waals surface area contributed by atoms with Crippen LogP contribution in [0.3, 0.4) is 0 Å². The maximum Gasteiger partial charge on any atom is 0.146 e. The van der Waals surface area contributed by atoms with Crippen LogP contribution in [0.25, 0.3) is 16.7 Å². The summed E-state index contributed by atoms with van der Waals surface area (Å²) in [6, 6.07) is 10.2. The van der Waals surface area contributed by atoms with Crippen molar-refractivity contribution in [1.82, 2.24) is 9.55 Å². The molecule has 1 aromatic carbocycles. The van der Waals surface area contributed by atoms with Crippen LogP contribution in [0.15, 0.2) is 42.7 Å². The summed E-state index contributed by atoms with van der Waals surface area (Å²) in [5, 5.41) is 0.996. The Bertz CT molecular complexity index is 731. The molecule has 0 saturated heterocycles. The van der Waals surface area contributed by atoms with Gasteiger partial charge in [-0.2, -0.15) is 0 Å². The molecule has 0 radical (unpaired) electrons. The summed E-state index contributed by atoms with van der Waals surface area (Å²) in [5.74, 6) is 0. The number of aryl methyl sites for hydroxylation is 1. The Morgan fingerprint density at radius 1 is 1.22 bits per heavy atom. The minimum absolute atomic E-state index is 0.766. The van der Waals surface area contributed by atoms with E-state index in [-0.39, 0.29) is 0 Å². The molecule has 0 aliphatic rings. The molecule has 0 atom stereocenters. The van der Waals surface area contributed by atoms with Crippen LogP contribution in [0, 0.1) is 10.5 Å². The Kier molecular flexibility index (Phi) is 2.74. The van der Waals surface area contributed by atoms with E-state index in [9.17, 15) is 0 Å². The number of benzene rings is 1. The van der Waals surface area contributed by atoms with Gasteiger partial charge in [-0.25, -0.2) is 4.98 Å². The zero-order chi connectivity index (χ0) is 12.7. The van der Waals surface area contributed by atoms with Crippen molar-refractivity contribution in [3.8, 4) is 5.69 Å². The van der Waals surface area contributed by atoms with Crippen LogP contribution in [-0.2, 0) is 0 Å². The van der Waals surface area contributed by atoms with Crippen molar-refractivity contribution in [3.05, 3.63) is 51.9 Å². The van der Waals surface area contributed by atoms with E-state index in [1.165, 1.54) is 9.13 Å². The summed E-state index contributed by atoms with van der Waals surface area (Å²) >= 11 is 2.32. The van der Waals surface area contributed by atoms with E-state index >= 15 is 0 Å². The van der Waals surface area contributed by atoms with E-state index in [2.05, 4.69) is 57.3 Å². The van der Waals surface area contributed by atoms with E-state index in [0.717, 1.165) is 22.4 Å². The molecule has 0 bridgehead atoms. The first-order valence-electron chi connectivity index (χ1n) is 5.65. The molecule has 3 aromatic rings. The van der Waals surface area contributed by atoms with E-state index in [1.54, 1.807) is 6.20 Å². The van der Waals surface area contributed by atoms with E-state index in [1.807, 2.05) is 18.3 Å². The molecule has 18 heavy (non-hydrogen) atoms. The lowest BCUT2D eigenvalue weighted by atomic mass is 10.2. The highest BCUT2D eigenvalue weighted by molar-refractivity contribution is 14.1. The second kappa shape index (κ2) is 4.28. The molecule has 90 valence electrons. The number of nitrogens with zero attached hydrogens (tertiary/aromatic N) is 2. The van der Waals surface area contributed by atoms with Crippen molar-refractivity contribution >= 4 is 39.3 Å². The quantitative estimate of drug-likeness (QED) is 0.683. The molecule has 0 aliphatic heterocycles. The third-order valence-corrected chi connectivity index (χ3v) is 3.71. The van der Waals surface area contributed by atoms with Crippen LogP contribution in [0.5, 0.6) is 0 Å². The van der Waals surface area contributed by atoms with Gasteiger partial charge in [0.1, 0.15) is 5.65 Å². The highest BCUT2D eigenvalue weighted by Crippen LogP contribution is 2.25. The number of halogens is 1. The summed E-state index contributed by atoms with van der Waals surface area (Å²) in [5.41, 5.74) is 9.99. The smallest absolute Gasteiger partial charge is 0.146 e. The summed E-state index contributed by atoms with van der Waals surface area (Å²) in [4.78, 5) is 4.42. The first-order valence-corrected chi connectivity index (χ1v) is 6.73. The Hall–Kier alpha value is -1.56. The number of fused-ring (bicyclic) bond motifs is 1. The fourth-order valence-electron chi connectivity index (χ4n) is 2.14. The Balaban J connectivity index is 2.29. The Labute approximate surface area is 119 Å². The SMILES string of the molecule is Cc1cc(I)ccc1-n1ccc2c(N)ccnc21. The van der Waals surface area contributed by atoms with Crippen molar-refractivity contribution in [2.45, 2.75) is 6.92 Å². The van der Waals surface area contributed by atoms with E-state index in [4.69, 9.17) is 5.73 Å². The lowest BCUT2D eigenvalue weighted by Crippen LogP contribution is -1.97. The van der Waals surface area contributed by atoms with Crippen LogP contribution >= 0.6 is 22.6 Å². The van der Waals surface area contributed by atoms with Crippen LogP contribution in [0.4, 0.5) is 5.69 Å². The average molecular weight is 349 g/mol. The maximum atomic E-state index is 5.96. The number of nitrogens with two attached hydrogens (primary N) is 1. The molecule has 3 nitrogen and oxygen atoms in total. The predicted molar refractivity (Wildman–Crippen MR) is 82.9 cm³/mol. The fourth-order valence-corrected chi connectivity index (χ4v) is 2.79. The number of anilines is 1. The molecule has 0 aliphatic carbocycles. The van der Waals surface area contributed by atoms with Crippen LogP contribution in [0.2, 0.25) is 0 Å². The number of rotatable bonds is 1. The summed E-state index contributed by atoms with van der Waals surface area (Å²) in [6.07, 6.45) is 3.76. The average Bonchev–Trinajstić information content (AvgIpc) is 2.74. The lowest BCUT2D eigenvalue weighted by molar-refractivity contribution is 1.07. The molecule has 2 aromatic heterocycles. The lowest BCUT2D eigenvalue weighted by Gasteiger charge is -2.09. The van der Waals surface area contributed by atoms with Crippen molar-refractivity contribution in [2.75, 3.05) is 5.73 Å². The van der Waals surface area contributed by atoms with Gasteiger partial charge in [0.15, 0.2) is 0 Å². The number of nitrogen functional groups attached to an aromatic ring is 1. The molecule has 4 heteroatoms. The molecular weight excluding hydrogens is 337 g/mol. The number of aromatic nitrogens is 2. The Morgan fingerprint density at radius 3 is 2.83 bits per heavy atom. The molecule has 2 N–H and O–H groups in total. The molecule has 0 unspecified atom stereocenters. The van der Waals surface area contributed by atoms with Gasteiger partial charge in [-0.15, -0.1) is 0 Å². The van der Waals surface area contributed by atoms with Gasteiger partial charge in [0.05, 0.1) is 0 Å². The summed E-state index contributed by atoms with van der Waals surface area (Å²) < 4.78 is 3.31. The van der Waals surface area contributed by atoms with Gasteiger partial charge in [-0.05, 0) is 65.4 Å². The predicted octanol–water partition coefficient (Wildman–Crippen LogP) is 3.52. The van der Waals surface area contributed by atoms with Gasteiger partial charge < -0.3 is 10.3 Å². The minimum atomic E-state index is 0.766. The third-order valence-electron chi connectivity index (χ3n) is 3.04. The molecular formula is C14H12IN3. The Morgan fingerprint density at radius 2 is 2.06 bits per heavy atom.